The molecule has 7 heteroatoms. The SMILES string of the molecule is COc1cc(NC(=O)c2ccc(NC(C)(C)C)cn2)cc(OC)c1OC. The number of hydrogen-bond acceptors (Lipinski definition) is 6. The first kappa shape index (κ1) is 19.4. The first-order valence-electron chi connectivity index (χ1n) is 8.13. The molecule has 1 heterocycles. The second-order valence-corrected chi connectivity index (χ2v) is 6.68. The fourth-order valence-corrected chi connectivity index (χ4v) is 2.38. The molecule has 0 saturated heterocycles. The molecule has 0 radical (unpaired) electrons. The molecule has 0 spiro atoms. The minimum Gasteiger partial charge on any atom is -0.493 e. The molecule has 26 heavy (non-hydrogen) atoms. The van der Waals surface area contributed by atoms with E-state index in [4.69, 9.17) is 14.2 Å². The van der Waals surface area contributed by atoms with Crippen LogP contribution in [0.2, 0.25) is 0 Å². The summed E-state index contributed by atoms with van der Waals surface area (Å²) >= 11 is 0. The number of aromatic nitrogens is 1. The summed E-state index contributed by atoms with van der Waals surface area (Å²) in [7, 11) is 4.56. The summed E-state index contributed by atoms with van der Waals surface area (Å²) < 4.78 is 15.9. The van der Waals surface area contributed by atoms with E-state index in [-0.39, 0.29) is 11.4 Å². The number of methoxy groups -OCH3 is 3. The smallest absolute Gasteiger partial charge is 0.274 e. The van der Waals surface area contributed by atoms with Crippen LogP contribution in [0.1, 0.15) is 31.3 Å². The Morgan fingerprint density at radius 3 is 2.00 bits per heavy atom. The zero-order valence-electron chi connectivity index (χ0n) is 16.0. The van der Waals surface area contributed by atoms with Crippen LogP contribution >= 0.6 is 0 Å². The van der Waals surface area contributed by atoms with Gasteiger partial charge in [-0.1, -0.05) is 0 Å². The molecule has 2 N–H and O–H groups in total. The maximum atomic E-state index is 12.5. The standard InChI is InChI=1S/C19H25N3O4/c1-19(2,3)22-12-7-8-14(20-11-12)18(23)21-13-9-15(24-4)17(26-6)16(10-13)25-5/h7-11,22H,1-6H3,(H,21,23). The van der Waals surface area contributed by atoms with Crippen molar-refractivity contribution in [3.05, 3.63) is 36.2 Å². The largest absolute Gasteiger partial charge is 0.493 e. The van der Waals surface area contributed by atoms with E-state index in [0.717, 1.165) is 5.69 Å². The molecule has 0 aliphatic heterocycles. The molecule has 1 aromatic heterocycles. The Hall–Kier alpha value is -2.96. The minimum absolute atomic E-state index is 0.0817. The van der Waals surface area contributed by atoms with Gasteiger partial charge < -0.3 is 24.8 Å². The quantitative estimate of drug-likeness (QED) is 0.821. The highest BCUT2D eigenvalue weighted by Crippen LogP contribution is 2.40. The molecule has 0 aliphatic carbocycles. The van der Waals surface area contributed by atoms with Crippen LogP contribution in [0.3, 0.4) is 0 Å². The molecule has 0 bridgehead atoms. The number of anilines is 2. The van der Waals surface area contributed by atoms with Gasteiger partial charge in [0.05, 0.1) is 33.2 Å². The van der Waals surface area contributed by atoms with Gasteiger partial charge in [-0.3, -0.25) is 4.79 Å². The Morgan fingerprint density at radius 2 is 1.58 bits per heavy atom. The summed E-state index contributed by atoms with van der Waals surface area (Å²) in [5.74, 6) is 1.05. The number of hydrogen-bond donors (Lipinski definition) is 2. The van der Waals surface area contributed by atoms with Gasteiger partial charge in [-0.2, -0.15) is 0 Å². The summed E-state index contributed by atoms with van der Waals surface area (Å²) in [4.78, 5) is 16.7. The molecule has 0 aliphatic rings. The first-order chi connectivity index (χ1) is 12.3. The van der Waals surface area contributed by atoms with E-state index in [9.17, 15) is 4.79 Å². The van der Waals surface area contributed by atoms with Gasteiger partial charge in [-0.25, -0.2) is 4.98 Å². The van der Waals surface area contributed by atoms with Crippen molar-refractivity contribution in [2.45, 2.75) is 26.3 Å². The Morgan fingerprint density at radius 1 is 0.962 bits per heavy atom. The average Bonchev–Trinajstić information content (AvgIpc) is 2.59. The van der Waals surface area contributed by atoms with Gasteiger partial charge in [0, 0.05) is 23.4 Å². The molecule has 1 amide bonds. The van der Waals surface area contributed by atoms with E-state index < -0.39 is 0 Å². The topological polar surface area (TPSA) is 81.7 Å². The lowest BCUT2D eigenvalue weighted by Gasteiger charge is -2.21. The van der Waals surface area contributed by atoms with Crippen LogP contribution in [0.4, 0.5) is 11.4 Å². The maximum Gasteiger partial charge on any atom is 0.274 e. The Balaban J connectivity index is 2.19. The van der Waals surface area contributed by atoms with Crippen molar-refractivity contribution < 1.29 is 19.0 Å². The zero-order chi connectivity index (χ0) is 19.3. The molecule has 1 aromatic carbocycles. The van der Waals surface area contributed by atoms with Crippen molar-refractivity contribution in [2.24, 2.45) is 0 Å². The average molecular weight is 359 g/mol. The second kappa shape index (κ2) is 7.95. The van der Waals surface area contributed by atoms with E-state index in [1.165, 1.54) is 21.3 Å². The number of ether oxygens (including phenoxy) is 3. The minimum atomic E-state index is -0.332. The number of pyridine rings is 1. The third-order valence-electron chi connectivity index (χ3n) is 3.44. The monoisotopic (exact) mass is 359 g/mol. The fraction of sp³-hybridized carbons (Fsp3) is 0.368. The summed E-state index contributed by atoms with van der Waals surface area (Å²) in [6.07, 6.45) is 1.63. The second-order valence-electron chi connectivity index (χ2n) is 6.68. The van der Waals surface area contributed by atoms with Crippen molar-refractivity contribution in [1.29, 1.82) is 0 Å². The molecular formula is C19H25N3O4. The van der Waals surface area contributed by atoms with Crippen molar-refractivity contribution in [1.82, 2.24) is 4.98 Å². The van der Waals surface area contributed by atoms with E-state index in [1.807, 2.05) is 6.07 Å². The van der Waals surface area contributed by atoms with Gasteiger partial charge in [0.1, 0.15) is 5.69 Å². The highest BCUT2D eigenvalue weighted by atomic mass is 16.5. The predicted octanol–water partition coefficient (Wildman–Crippen LogP) is 3.57. The third kappa shape index (κ3) is 4.78. The maximum absolute atomic E-state index is 12.5. The number of rotatable bonds is 6. The first-order valence-corrected chi connectivity index (χ1v) is 8.13. The fourth-order valence-electron chi connectivity index (χ4n) is 2.38. The van der Waals surface area contributed by atoms with Gasteiger partial charge in [0.2, 0.25) is 5.75 Å². The number of carbonyl (C=O) groups is 1. The summed E-state index contributed by atoms with van der Waals surface area (Å²) in [5, 5.41) is 6.09. The summed E-state index contributed by atoms with van der Waals surface area (Å²) in [6, 6.07) is 6.81. The van der Waals surface area contributed by atoms with Crippen LogP contribution in [-0.2, 0) is 0 Å². The summed E-state index contributed by atoms with van der Waals surface area (Å²) in [5.41, 5.74) is 1.59. The predicted molar refractivity (Wildman–Crippen MR) is 102 cm³/mol. The van der Waals surface area contributed by atoms with Crippen LogP contribution in [0, 0.1) is 0 Å². The van der Waals surface area contributed by atoms with Crippen LogP contribution in [0.15, 0.2) is 30.5 Å². The highest BCUT2D eigenvalue weighted by molar-refractivity contribution is 6.03. The number of amides is 1. The lowest BCUT2D eigenvalue weighted by Crippen LogP contribution is -2.26. The van der Waals surface area contributed by atoms with Crippen LogP contribution in [0.25, 0.3) is 0 Å². The third-order valence-corrected chi connectivity index (χ3v) is 3.44. The van der Waals surface area contributed by atoms with Crippen molar-refractivity contribution in [3.8, 4) is 17.2 Å². The van der Waals surface area contributed by atoms with Crippen LogP contribution in [-0.4, -0.2) is 37.8 Å². The molecule has 0 fully saturated rings. The molecular weight excluding hydrogens is 334 g/mol. The lowest BCUT2D eigenvalue weighted by molar-refractivity contribution is 0.102. The molecule has 7 nitrogen and oxygen atoms in total. The lowest BCUT2D eigenvalue weighted by atomic mass is 10.1. The number of carbonyl (C=O) groups excluding carboxylic acids is 1. The van der Waals surface area contributed by atoms with Crippen molar-refractivity contribution in [2.75, 3.05) is 32.0 Å². The molecule has 2 rings (SSSR count). The highest BCUT2D eigenvalue weighted by Gasteiger charge is 2.16. The molecule has 0 atom stereocenters. The van der Waals surface area contributed by atoms with Crippen LogP contribution < -0.4 is 24.8 Å². The number of nitrogens with one attached hydrogen (secondary N) is 2. The van der Waals surface area contributed by atoms with E-state index in [1.54, 1.807) is 24.4 Å². The van der Waals surface area contributed by atoms with Gasteiger partial charge in [-0.15, -0.1) is 0 Å². The van der Waals surface area contributed by atoms with E-state index in [0.29, 0.717) is 28.6 Å². The molecule has 0 unspecified atom stereocenters. The van der Waals surface area contributed by atoms with Crippen molar-refractivity contribution in [3.63, 3.8) is 0 Å². The molecule has 0 saturated carbocycles. The van der Waals surface area contributed by atoms with Gasteiger partial charge in [0.25, 0.3) is 5.91 Å². The normalized spacial score (nSPS) is 10.8. The number of benzene rings is 1. The van der Waals surface area contributed by atoms with Gasteiger partial charge in [0.15, 0.2) is 11.5 Å². The Bertz CT molecular complexity index is 742. The zero-order valence-corrected chi connectivity index (χ0v) is 16.0. The molecule has 2 aromatic rings. The number of nitrogens with zero attached hydrogens (tertiary/aromatic N) is 1. The van der Waals surface area contributed by atoms with E-state index >= 15 is 0 Å². The van der Waals surface area contributed by atoms with Gasteiger partial charge in [-0.05, 0) is 32.9 Å². The Kier molecular flexibility index (Phi) is 5.92. The summed E-state index contributed by atoms with van der Waals surface area (Å²) in [6.45, 7) is 6.16. The van der Waals surface area contributed by atoms with Gasteiger partial charge >= 0.3 is 0 Å². The Labute approximate surface area is 153 Å². The van der Waals surface area contributed by atoms with Crippen molar-refractivity contribution >= 4 is 17.3 Å². The van der Waals surface area contributed by atoms with Crippen LogP contribution in [0.5, 0.6) is 17.2 Å². The molecule has 140 valence electrons. The van der Waals surface area contributed by atoms with E-state index in [2.05, 4.69) is 36.4 Å².